The minimum atomic E-state index is -0.0882. The molecule has 1 atom stereocenters. The minimum absolute atomic E-state index is 0.00455. The molecule has 2 heterocycles. The Labute approximate surface area is 183 Å². The largest absolute Gasteiger partial charge is 0.339 e. The zero-order valence-electron chi connectivity index (χ0n) is 17.7. The van der Waals surface area contributed by atoms with Crippen LogP contribution in [0.3, 0.4) is 0 Å². The molecular formula is C23H30ClN3O3. The van der Waals surface area contributed by atoms with E-state index in [4.69, 9.17) is 11.6 Å². The monoisotopic (exact) mass is 431 g/mol. The van der Waals surface area contributed by atoms with Crippen molar-refractivity contribution in [2.45, 2.75) is 32.7 Å². The predicted molar refractivity (Wildman–Crippen MR) is 117 cm³/mol. The van der Waals surface area contributed by atoms with Crippen molar-refractivity contribution in [2.24, 2.45) is 11.8 Å². The second-order valence-corrected chi connectivity index (χ2v) is 8.78. The Hall–Kier alpha value is -2.34. The third kappa shape index (κ3) is 4.69. The number of hydrogen-bond donors (Lipinski definition) is 0. The highest BCUT2D eigenvalue weighted by Gasteiger charge is 2.37. The molecule has 2 aliphatic heterocycles. The van der Waals surface area contributed by atoms with Gasteiger partial charge in [0.2, 0.25) is 11.8 Å². The van der Waals surface area contributed by atoms with Gasteiger partial charge in [-0.2, -0.15) is 0 Å². The van der Waals surface area contributed by atoms with Crippen LogP contribution in [0.25, 0.3) is 0 Å². The summed E-state index contributed by atoms with van der Waals surface area (Å²) in [4.78, 5) is 43.6. The van der Waals surface area contributed by atoms with Crippen LogP contribution < -0.4 is 0 Å². The van der Waals surface area contributed by atoms with Gasteiger partial charge in [-0.25, -0.2) is 0 Å². The molecule has 162 valence electrons. The first-order valence-electron chi connectivity index (χ1n) is 10.6. The zero-order valence-corrected chi connectivity index (χ0v) is 18.5. The van der Waals surface area contributed by atoms with E-state index in [0.717, 1.165) is 0 Å². The smallest absolute Gasteiger partial charge is 0.255 e. The lowest BCUT2D eigenvalue weighted by atomic mass is 9.93. The first-order chi connectivity index (χ1) is 14.3. The number of piperazine rings is 1. The van der Waals surface area contributed by atoms with Gasteiger partial charge in [0.15, 0.2) is 0 Å². The molecule has 30 heavy (non-hydrogen) atoms. The molecule has 6 nitrogen and oxygen atoms in total. The zero-order chi connectivity index (χ0) is 21.8. The molecule has 1 aromatic rings. The first-order valence-corrected chi connectivity index (χ1v) is 11.0. The SMILES string of the molecule is C=CC(=O)N1CCN(C(=O)C2CCN(C(=O)c3ccccc3Cl)CC2)C[C@@H]1C(C)C. The lowest BCUT2D eigenvalue weighted by Crippen LogP contribution is -2.59. The van der Waals surface area contributed by atoms with E-state index in [1.165, 1.54) is 6.08 Å². The third-order valence-electron chi connectivity index (χ3n) is 6.19. The van der Waals surface area contributed by atoms with Gasteiger partial charge in [0.1, 0.15) is 0 Å². The lowest BCUT2D eigenvalue weighted by molar-refractivity contribution is -0.145. The Balaban J connectivity index is 1.59. The fraction of sp³-hybridized carbons (Fsp3) is 0.522. The van der Waals surface area contributed by atoms with Gasteiger partial charge >= 0.3 is 0 Å². The summed E-state index contributed by atoms with van der Waals surface area (Å²) in [6.45, 7) is 10.4. The van der Waals surface area contributed by atoms with Crippen molar-refractivity contribution in [2.75, 3.05) is 32.7 Å². The summed E-state index contributed by atoms with van der Waals surface area (Å²) in [6, 6.07) is 7.05. The van der Waals surface area contributed by atoms with Gasteiger partial charge in [-0.3, -0.25) is 14.4 Å². The fourth-order valence-corrected chi connectivity index (χ4v) is 4.58. The summed E-state index contributed by atoms with van der Waals surface area (Å²) < 4.78 is 0. The molecule has 7 heteroatoms. The molecular weight excluding hydrogens is 402 g/mol. The van der Waals surface area contributed by atoms with E-state index >= 15 is 0 Å². The highest BCUT2D eigenvalue weighted by atomic mass is 35.5. The summed E-state index contributed by atoms with van der Waals surface area (Å²) in [6.07, 6.45) is 2.64. The van der Waals surface area contributed by atoms with Crippen molar-refractivity contribution in [1.82, 2.24) is 14.7 Å². The lowest BCUT2D eigenvalue weighted by Gasteiger charge is -2.44. The number of rotatable bonds is 4. The number of piperidine rings is 1. The molecule has 0 aliphatic carbocycles. The molecule has 0 aromatic heterocycles. The third-order valence-corrected chi connectivity index (χ3v) is 6.52. The minimum Gasteiger partial charge on any atom is -0.339 e. The average Bonchev–Trinajstić information content (AvgIpc) is 2.77. The van der Waals surface area contributed by atoms with Crippen LogP contribution in [-0.4, -0.2) is 71.2 Å². The van der Waals surface area contributed by atoms with Crippen molar-refractivity contribution in [1.29, 1.82) is 0 Å². The van der Waals surface area contributed by atoms with E-state index in [2.05, 4.69) is 20.4 Å². The van der Waals surface area contributed by atoms with Gasteiger partial charge in [-0.15, -0.1) is 0 Å². The molecule has 0 spiro atoms. The topological polar surface area (TPSA) is 60.9 Å². The molecule has 0 N–H and O–H groups in total. The number of carbonyl (C=O) groups is 3. The Bertz CT molecular complexity index is 818. The molecule has 2 saturated heterocycles. The maximum absolute atomic E-state index is 13.1. The normalized spacial score (nSPS) is 20.4. The molecule has 1 aromatic carbocycles. The van der Waals surface area contributed by atoms with E-state index in [1.807, 2.05) is 9.80 Å². The summed E-state index contributed by atoms with van der Waals surface area (Å²) in [5.74, 6) is 0.140. The molecule has 2 fully saturated rings. The Morgan fingerprint density at radius 1 is 1.07 bits per heavy atom. The second-order valence-electron chi connectivity index (χ2n) is 8.38. The Morgan fingerprint density at radius 3 is 2.33 bits per heavy atom. The Morgan fingerprint density at radius 2 is 1.73 bits per heavy atom. The highest BCUT2D eigenvalue weighted by molar-refractivity contribution is 6.33. The number of halogens is 1. The number of hydrogen-bond acceptors (Lipinski definition) is 3. The van der Waals surface area contributed by atoms with Crippen molar-refractivity contribution < 1.29 is 14.4 Å². The first kappa shape index (κ1) is 22.3. The predicted octanol–water partition coefficient (Wildman–Crippen LogP) is 3.07. The maximum Gasteiger partial charge on any atom is 0.255 e. The summed E-state index contributed by atoms with van der Waals surface area (Å²) >= 11 is 6.16. The van der Waals surface area contributed by atoms with Gasteiger partial charge in [-0.05, 0) is 37.0 Å². The van der Waals surface area contributed by atoms with Gasteiger partial charge in [0, 0.05) is 38.6 Å². The van der Waals surface area contributed by atoms with Crippen molar-refractivity contribution in [3.05, 3.63) is 47.5 Å². The summed E-state index contributed by atoms with van der Waals surface area (Å²) in [5.41, 5.74) is 0.506. The quantitative estimate of drug-likeness (QED) is 0.688. The van der Waals surface area contributed by atoms with Crippen molar-refractivity contribution in [3.63, 3.8) is 0 Å². The summed E-state index contributed by atoms with van der Waals surface area (Å²) in [5, 5.41) is 0.451. The van der Waals surface area contributed by atoms with E-state index in [1.54, 1.807) is 29.2 Å². The molecule has 0 unspecified atom stereocenters. The number of nitrogens with zero attached hydrogens (tertiary/aromatic N) is 3. The van der Waals surface area contributed by atoms with Crippen LogP contribution in [0.4, 0.5) is 0 Å². The van der Waals surface area contributed by atoms with E-state index in [9.17, 15) is 14.4 Å². The summed E-state index contributed by atoms with van der Waals surface area (Å²) in [7, 11) is 0. The number of amides is 3. The number of likely N-dealkylation sites (tertiary alicyclic amines) is 1. The maximum atomic E-state index is 13.1. The van der Waals surface area contributed by atoms with Crippen LogP contribution in [-0.2, 0) is 9.59 Å². The number of carbonyl (C=O) groups excluding carboxylic acids is 3. The van der Waals surface area contributed by atoms with E-state index in [0.29, 0.717) is 56.2 Å². The van der Waals surface area contributed by atoms with Crippen LogP contribution >= 0.6 is 11.6 Å². The van der Waals surface area contributed by atoms with E-state index in [-0.39, 0.29) is 35.6 Å². The second kappa shape index (κ2) is 9.65. The average molecular weight is 432 g/mol. The van der Waals surface area contributed by atoms with Crippen LogP contribution in [0.15, 0.2) is 36.9 Å². The number of benzene rings is 1. The van der Waals surface area contributed by atoms with E-state index < -0.39 is 0 Å². The van der Waals surface area contributed by atoms with Crippen LogP contribution in [0.1, 0.15) is 37.0 Å². The van der Waals surface area contributed by atoms with Crippen LogP contribution in [0, 0.1) is 11.8 Å². The van der Waals surface area contributed by atoms with Crippen molar-refractivity contribution >= 4 is 29.3 Å². The standard InChI is InChI=1S/C23H30ClN3O3/c1-4-21(28)27-14-13-26(15-20(27)16(2)3)22(29)17-9-11-25(12-10-17)23(30)18-7-5-6-8-19(18)24/h4-8,16-17,20H,1,9-15H2,2-3H3/t20-/m1/s1. The molecule has 3 amide bonds. The van der Waals surface area contributed by atoms with Gasteiger partial charge in [0.25, 0.3) is 5.91 Å². The van der Waals surface area contributed by atoms with Gasteiger partial charge in [0.05, 0.1) is 16.6 Å². The van der Waals surface area contributed by atoms with Gasteiger partial charge < -0.3 is 14.7 Å². The van der Waals surface area contributed by atoms with Crippen molar-refractivity contribution in [3.8, 4) is 0 Å². The molecule has 0 radical (unpaired) electrons. The van der Waals surface area contributed by atoms with Crippen LogP contribution in [0.5, 0.6) is 0 Å². The van der Waals surface area contributed by atoms with Crippen LogP contribution in [0.2, 0.25) is 5.02 Å². The van der Waals surface area contributed by atoms with Gasteiger partial charge in [-0.1, -0.05) is 44.2 Å². The highest BCUT2D eigenvalue weighted by Crippen LogP contribution is 2.26. The molecule has 3 rings (SSSR count). The molecule has 0 saturated carbocycles. The molecule has 0 bridgehead atoms. The Kier molecular flexibility index (Phi) is 7.19. The fourth-order valence-electron chi connectivity index (χ4n) is 4.36. The molecule has 2 aliphatic rings.